The van der Waals surface area contributed by atoms with Crippen LogP contribution in [0.2, 0.25) is 0 Å². The second kappa shape index (κ2) is 9.34. The van der Waals surface area contributed by atoms with Gasteiger partial charge in [-0.05, 0) is 32.8 Å². The van der Waals surface area contributed by atoms with Crippen LogP contribution in [0.4, 0.5) is 0 Å². The molecule has 2 atom stereocenters. The van der Waals surface area contributed by atoms with Crippen LogP contribution in [-0.2, 0) is 20.9 Å². The average Bonchev–Trinajstić information content (AvgIpc) is 3.48. The van der Waals surface area contributed by atoms with Crippen molar-refractivity contribution >= 4 is 57.5 Å². The Balaban J connectivity index is 1.32. The van der Waals surface area contributed by atoms with Gasteiger partial charge in [0.15, 0.2) is 5.65 Å². The van der Waals surface area contributed by atoms with Crippen molar-refractivity contribution in [3.05, 3.63) is 34.9 Å². The molecule has 0 bridgehead atoms. The molecule has 0 spiro atoms. The molecule has 1 saturated carbocycles. The second-order valence-electron chi connectivity index (χ2n) is 8.02. The standard InChI is InChI=1S/C23H25N5O3S2/c1-3-28-15-10-6-5-8-13(15)19-20(28)25-23(27-26-19)32-12-17(29)24-21-18(22(30)31-4-2)14-9-7-11-16(14)33-21/h5-6,8,10,14,16H,3-4,7,9,11-12H2,1-2H3,(H,24,29)/t14-,16-/m1/s1. The van der Waals surface area contributed by atoms with Crippen LogP contribution < -0.4 is 5.32 Å². The highest BCUT2D eigenvalue weighted by atomic mass is 32.2. The van der Waals surface area contributed by atoms with E-state index in [1.165, 1.54) is 11.8 Å². The fraction of sp³-hybridized carbons (Fsp3) is 0.435. The molecule has 33 heavy (non-hydrogen) atoms. The third-order valence-electron chi connectivity index (χ3n) is 6.09. The minimum absolute atomic E-state index is 0.134. The van der Waals surface area contributed by atoms with Gasteiger partial charge in [0.05, 0.1) is 28.5 Å². The number of benzene rings is 1. The smallest absolute Gasteiger partial charge is 0.336 e. The summed E-state index contributed by atoms with van der Waals surface area (Å²) in [6, 6.07) is 8.04. The predicted molar refractivity (Wildman–Crippen MR) is 130 cm³/mol. The third kappa shape index (κ3) is 4.10. The van der Waals surface area contributed by atoms with Gasteiger partial charge in [-0.25, -0.2) is 9.78 Å². The maximum atomic E-state index is 12.7. The minimum atomic E-state index is -0.312. The Labute approximate surface area is 199 Å². The van der Waals surface area contributed by atoms with Gasteiger partial charge in [-0.3, -0.25) is 4.79 Å². The fourth-order valence-electron chi connectivity index (χ4n) is 4.69. The lowest BCUT2D eigenvalue weighted by Gasteiger charge is -2.12. The largest absolute Gasteiger partial charge is 0.463 e. The first-order valence-electron chi connectivity index (χ1n) is 11.2. The predicted octanol–water partition coefficient (Wildman–Crippen LogP) is 3.90. The molecule has 2 aliphatic rings. The zero-order valence-electron chi connectivity index (χ0n) is 18.5. The number of hydrogen-bond acceptors (Lipinski definition) is 8. The van der Waals surface area contributed by atoms with Crippen LogP contribution in [0.5, 0.6) is 0 Å². The van der Waals surface area contributed by atoms with Crippen LogP contribution in [-0.4, -0.2) is 49.2 Å². The number of ether oxygens (including phenoxy) is 1. The van der Waals surface area contributed by atoms with Crippen LogP contribution in [0.25, 0.3) is 22.1 Å². The number of carbonyl (C=O) groups is 2. The number of aryl methyl sites for hydroxylation is 1. The molecule has 3 aromatic rings. The number of hydrogen-bond donors (Lipinski definition) is 1. The van der Waals surface area contributed by atoms with E-state index >= 15 is 0 Å². The summed E-state index contributed by atoms with van der Waals surface area (Å²) in [6.45, 7) is 4.95. The number of amides is 1. The Hall–Kier alpha value is -2.59. The summed E-state index contributed by atoms with van der Waals surface area (Å²) in [5.74, 6) is -0.200. The molecule has 5 rings (SSSR count). The van der Waals surface area contributed by atoms with E-state index in [-0.39, 0.29) is 23.5 Å². The van der Waals surface area contributed by atoms with Crippen molar-refractivity contribution in [2.45, 2.75) is 50.1 Å². The quantitative estimate of drug-likeness (QED) is 0.399. The SMILES string of the molecule is CCOC(=O)C1=C(NC(=O)CSc2nnc3c4ccccc4n(CC)c3n2)S[C@@H]2CCC[C@@H]12. The molecule has 1 aliphatic heterocycles. The average molecular weight is 484 g/mol. The van der Waals surface area contributed by atoms with Gasteiger partial charge in [-0.1, -0.05) is 36.4 Å². The molecule has 1 aromatic carbocycles. The summed E-state index contributed by atoms with van der Waals surface area (Å²) >= 11 is 2.83. The summed E-state index contributed by atoms with van der Waals surface area (Å²) in [7, 11) is 0. The second-order valence-corrected chi connectivity index (χ2v) is 10.2. The number of fused-ring (bicyclic) bond motifs is 4. The van der Waals surface area contributed by atoms with E-state index in [1.807, 2.05) is 24.3 Å². The molecule has 0 radical (unpaired) electrons. The van der Waals surface area contributed by atoms with Crippen molar-refractivity contribution in [2.75, 3.05) is 12.4 Å². The number of rotatable bonds is 7. The molecule has 10 heteroatoms. The Morgan fingerprint density at radius 2 is 2.09 bits per heavy atom. The van der Waals surface area contributed by atoms with Crippen LogP contribution >= 0.6 is 23.5 Å². The normalized spacial score (nSPS) is 19.9. The molecule has 0 saturated heterocycles. The summed E-state index contributed by atoms with van der Waals surface area (Å²) in [5.41, 5.74) is 3.23. The van der Waals surface area contributed by atoms with Gasteiger partial charge in [0.2, 0.25) is 11.1 Å². The van der Waals surface area contributed by atoms with Crippen LogP contribution in [0, 0.1) is 5.92 Å². The molecule has 1 N–H and O–H groups in total. The maximum absolute atomic E-state index is 12.7. The number of nitrogens with one attached hydrogen (secondary N) is 1. The van der Waals surface area contributed by atoms with Crippen molar-refractivity contribution < 1.29 is 14.3 Å². The summed E-state index contributed by atoms with van der Waals surface area (Å²) in [6.07, 6.45) is 3.12. The highest BCUT2D eigenvalue weighted by molar-refractivity contribution is 8.04. The Bertz CT molecular complexity index is 1270. The topological polar surface area (TPSA) is 99.0 Å². The molecular formula is C23H25N5O3S2. The van der Waals surface area contributed by atoms with Gasteiger partial charge in [-0.2, -0.15) is 0 Å². The molecule has 1 aliphatic carbocycles. The van der Waals surface area contributed by atoms with E-state index in [9.17, 15) is 9.59 Å². The monoisotopic (exact) mass is 483 g/mol. The molecule has 3 heterocycles. The zero-order valence-corrected chi connectivity index (χ0v) is 20.2. The molecule has 0 unspecified atom stereocenters. The van der Waals surface area contributed by atoms with Gasteiger partial charge < -0.3 is 14.6 Å². The zero-order chi connectivity index (χ0) is 22.9. The summed E-state index contributed by atoms with van der Waals surface area (Å²) in [4.78, 5) is 30.0. The van der Waals surface area contributed by atoms with Crippen LogP contribution in [0.15, 0.2) is 40.0 Å². The van der Waals surface area contributed by atoms with Gasteiger partial charge in [-0.15, -0.1) is 22.0 Å². The van der Waals surface area contributed by atoms with Gasteiger partial charge in [0.1, 0.15) is 5.52 Å². The van der Waals surface area contributed by atoms with Gasteiger partial charge in [0.25, 0.3) is 0 Å². The molecule has 8 nitrogen and oxygen atoms in total. The Morgan fingerprint density at radius 1 is 1.24 bits per heavy atom. The molecule has 1 amide bonds. The van der Waals surface area contributed by atoms with Gasteiger partial charge >= 0.3 is 5.97 Å². The van der Waals surface area contributed by atoms with E-state index in [4.69, 9.17) is 4.74 Å². The van der Waals surface area contributed by atoms with E-state index in [0.29, 0.717) is 27.6 Å². The van der Waals surface area contributed by atoms with Crippen molar-refractivity contribution in [1.82, 2.24) is 25.1 Å². The third-order valence-corrected chi connectivity index (χ3v) is 8.35. The van der Waals surface area contributed by atoms with Crippen LogP contribution in [0.1, 0.15) is 33.1 Å². The fourth-order valence-corrected chi connectivity index (χ4v) is 6.83. The van der Waals surface area contributed by atoms with Crippen LogP contribution in [0.3, 0.4) is 0 Å². The highest BCUT2D eigenvalue weighted by Crippen LogP contribution is 2.49. The van der Waals surface area contributed by atoms with E-state index in [0.717, 1.165) is 47.9 Å². The minimum Gasteiger partial charge on any atom is -0.463 e. The summed E-state index contributed by atoms with van der Waals surface area (Å²) in [5, 5.41) is 14.0. The first-order valence-corrected chi connectivity index (χ1v) is 13.1. The van der Waals surface area contributed by atoms with E-state index < -0.39 is 0 Å². The number of thioether (sulfide) groups is 2. The lowest BCUT2D eigenvalue weighted by molar-refractivity contribution is -0.139. The van der Waals surface area contributed by atoms with Crippen molar-refractivity contribution in [3.63, 3.8) is 0 Å². The number of esters is 1. The molecule has 172 valence electrons. The number of carbonyl (C=O) groups excluding carboxylic acids is 2. The molecule has 2 aromatic heterocycles. The van der Waals surface area contributed by atoms with E-state index in [2.05, 4.69) is 32.0 Å². The number of nitrogens with zero attached hydrogens (tertiary/aromatic N) is 4. The van der Waals surface area contributed by atoms with Crippen molar-refractivity contribution in [1.29, 1.82) is 0 Å². The van der Waals surface area contributed by atoms with Gasteiger partial charge in [0, 0.05) is 23.1 Å². The highest BCUT2D eigenvalue weighted by Gasteiger charge is 2.43. The van der Waals surface area contributed by atoms with E-state index in [1.54, 1.807) is 18.7 Å². The first kappa shape index (κ1) is 22.2. The number of aromatic nitrogens is 4. The maximum Gasteiger partial charge on any atom is 0.336 e. The number of para-hydroxylation sites is 1. The van der Waals surface area contributed by atoms with Crippen molar-refractivity contribution in [3.8, 4) is 0 Å². The Morgan fingerprint density at radius 3 is 2.91 bits per heavy atom. The lowest BCUT2D eigenvalue weighted by atomic mass is 9.98. The molecular weight excluding hydrogens is 458 g/mol. The summed E-state index contributed by atoms with van der Waals surface area (Å²) < 4.78 is 7.37. The first-order chi connectivity index (χ1) is 16.1. The van der Waals surface area contributed by atoms with Crippen molar-refractivity contribution in [2.24, 2.45) is 5.92 Å². The Kier molecular flexibility index (Phi) is 6.29. The molecule has 1 fully saturated rings. The lowest BCUT2D eigenvalue weighted by Crippen LogP contribution is -2.26.